The van der Waals surface area contributed by atoms with Crippen LogP contribution in [-0.2, 0) is 19.8 Å². The molecular formula is C28H24F3N5O5S. The van der Waals surface area contributed by atoms with Crippen molar-refractivity contribution in [3.8, 4) is 22.6 Å². The molecule has 0 aliphatic carbocycles. The maximum Gasteiger partial charge on any atom is 0.433 e. The number of ether oxygens (including phenoxy) is 2. The van der Waals surface area contributed by atoms with Gasteiger partial charge in [-0.2, -0.15) is 18.3 Å². The molecule has 2 amide bonds. The number of nitrogens with one attached hydrogen (secondary N) is 1. The van der Waals surface area contributed by atoms with E-state index < -0.39 is 23.7 Å². The van der Waals surface area contributed by atoms with Gasteiger partial charge in [-0.25, -0.2) is 4.98 Å². The van der Waals surface area contributed by atoms with Crippen LogP contribution in [-0.4, -0.2) is 33.2 Å². The maximum absolute atomic E-state index is 13.8. The summed E-state index contributed by atoms with van der Waals surface area (Å²) in [5, 5.41) is 6.86. The van der Waals surface area contributed by atoms with Crippen molar-refractivity contribution in [1.82, 2.24) is 14.8 Å². The predicted octanol–water partition coefficient (Wildman–Crippen LogP) is 5.95. The van der Waals surface area contributed by atoms with Gasteiger partial charge in [0, 0.05) is 23.7 Å². The molecule has 0 bridgehead atoms. The molecule has 4 aromatic heterocycles. The van der Waals surface area contributed by atoms with Crippen LogP contribution in [0.1, 0.15) is 44.3 Å². The lowest BCUT2D eigenvalue weighted by molar-refractivity contribution is -0.140. The molecule has 0 unspecified atom stereocenters. The van der Waals surface area contributed by atoms with Crippen LogP contribution in [0.5, 0.6) is 11.5 Å². The number of benzene rings is 1. The van der Waals surface area contributed by atoms with Crippen LogP contribution in [0.25, 0.3) is 21.3 Å². The third kappa shape index (κ3) is 5.65. The minimum absolute atomic E-state index is 0.0176. The minimum atomic E-state index is -4.77. The molecule has 0 radical (unpaired) electrons. The summed E-state index contributed by atoms with van der Waals surface area (Å²) in [5.41, 5.74) is 5.35. The maximum atomic E-state index is 13.8. The van der Waals surface area contributed by atoms with Gasteiger partial charge in [-0.1, -0.05) is 0 Å². The van der Waals surface area contributed by atoms with Crippen molar-refractivity contribution in [3.63, 3.8) is 0 Å². The van der Waals surface area contributed by atoms with Crippen LogP contribution in [0, 0.1) is 6.92 Å². The first-order valence-electron chi connectivity index (χ1n) is 12.6. The standard InChI is InChI=1S/C28H24F3N5O5S/c1-4-39-15-5-7-16(8-6-15)40-13-17-9-10-20(41-17)26(38)35-23-22-18(19-12-33-36(3)14(19)2)11-21(28(29,30)31)34-27(22)42-24(23)25(32)37/h5-12H,4,13H2,1-3H3,(H2,32,37)(H,35,38). The number of furan rings is 1. The van der Waals surface area contributed by atoms with Gasteiger partial charge >= 0.3 is 6.18 Å². The van der Waals surface area contributed by atoms with Crippen LogP contribution >= 0.6 is 11.3 Å². The third-order valence-corrected chi connectivity index (χ3v) is 7.44. The van der Waals surface area contributed by atoms with E-state index in [-0.39, 0.29) is 38.7 Å². The number of carbonyl (C=O) groups excluding carboxylic acids is 2. The summed E-state index contributed by atoms with van der Waals surface area (Å²) in [6, 6.07) is 10.8. The van der Waals surface area contributed by atoms with Gasteiger partial charge < -0.3 is 24.9 Å². The smallest absolute Gasteiger partial charge is 0.433 e. The van der Waals surface area contributed by atoms with Crippen molar-refractivity contribution in [2.45, 2.75) is 26.6 Å². The summed E-state index contributed by atoms with van der Waals surface area (Å²) >= 11 is 0.649. The number of nitrogens with zero attached hydrogens (tertiary/aromatic N) is 3. The Morgan fingerprint density at radius 3 is 2.38 bits per heavy atom. The number of rotatable bonds is 9. The first-order valence-corrected chi connectivity index (χ1v) is 13.4. The largest absolute Gasteiger partial charge is 0.494 e. The Bertz CT molecular complexity index is 1790. The molecule has 4 heterocycles. The Labute approximate surface area is 240 Å². The first kappa shape index (κ1) is 28.7. The summed E-state index contributed by atoms with van der Waals surface area (Å²) in [6.45, 7) is 4.12. The molecule has 0 saturated heterocycles. The quantitative estimate of drug-likeness (QED) is 0.214. The van der Waals surface area contributed by atoms with Gasteiger partial charge in [0.15, 0.2) is 5.76 Å². The molecule has 5 aromatic rings. The number of hydrogen-bond acceptors (Lipinski definition) is 8. The van der Waals surface area contributed by atoms with Gasteiger partial charge in [0.2, 0.25) is 0 Å². The normalized spacial score (nSPS) is 11.6. The van der Waals surface area contributed by atoms with Gasteiger partial charge in [-0.15, -0.1) is 11.3 Å². The van der Waals surface area contributed by atoms with Crippen molar-refractivity contribution in [1.29, 1.82) is 0 Å². The highest BCUT2D eigenvalue weighted by molar-refractivity contribution is 7.21. The van der Waals surface area contributed by atoms with Crippen LogP contribution in [0.15, 0.2) is 53.1 Å². The third-order valence-electron chi connectivity index (χ3n) is 6.34. The molecule has 0 fully saturated rings. The Morgan fingerprint density at radius 2 is 1.79 bits per heavy atom. The summed E-state index contributed by atoms with van der Waals surface area (Å²) in [4.78, 5) is 29.0. The Balaban J connectivity index is 1.47. The van der Waals surface area contributed by atoms with Gasteiger partial charge in [-0.3, -0.25) is 14.3 Å². The summed E-state index contributed by atoms with van der Waals surface area (Å²) in [7, 11) is 1.64. The number of aryl methyl sites for hydroxylation is 1. The number of thiophene rings is 1. The fourth-order valence-corrected chi connectivity index (χ4v) is 5.22. The highest BCUT2D eigenvalue weighted by Crippen LogP contribution is 2.44. The predicted molar refractivity (Wildman–Crippen MR) is 149 cm³/mol. The number of primary amides is 1. The lowest BCUT2D eigenvalue weighted by Crippen LogP contribution is -2.16. The van der Waals surface area contributed by atoms with E-state index in [1.165, 1.54) is 16.9 Å². The molecule has 0 atom stereocenters. The van der Waals surface area contributed by atoms with Crippen LogP contribution < -0.4 is 20.5 Å². The first-order chi connectivity index (χ1) is 20.0. The SMILES string of the molecule is CCOc1ccc(OCc2ccc(C(=O)Nc3c(C(N)=O)sc4nc(C(F)(F)F)cc(-c5cnn(C)c5C)c34)o2)cc1. The molecular weight excluding hydrogens is 575 g/mol. The minimum Gasteiger partial charge on any atom is -0.494 e. The molecule has 5 rings (SSSR count). The molecule has 218 valence electrons. The fraction of sp³-hybridized carbons (Fsp3) is 0.214. The van der Waals surface area contributed by atoms with Crippen molar-refractivity contribution in [3.05, 3.63) is 76.4 Å². The zero-order valence-electron chi connectivity index (χ0n) is 22.5. The van der Waals surface area contributed by atoms with Crippen molar-refractivity contribution < 1.29 is 36.7 Å². The zero-order chi connectivity index (χ0) is 30.2. The van der Waals surface area contributed by atoms with E-state index in [0.717, 1.165) is 6.07 Å². The summed E-state index contributed by atoms with van der Waals surface area (Å²) in [6.07, 6.45) is -3.36. The van der Waals surface area contributed by atoms with E-state index in [1.807, 2.05) is 6.92 Å². The number of alkyl halides is 3. The average Bonchev–Trinajstić information content (AvgIpc) is 3.65. The number of fused-ring (bicyclic) bond motifs is 1. The summed E-state index contributed by atoms with van der Waals surface area (Å²) in [5.74, 6) is -0.222. The lowest BCUT2D eigenvalue weighted by Gasteiger charge is -2.12. The van der Waals surface area contributed by atoms with Gasteiger partial charge in [0.05, 0.1) is 18.5 Å². The van der Waals surface area contributed by atoms with Gasteiger partial charge in [0.1, 0.15) is 39.3 Å². The van der Waals surface area contributed by atoms with Crippen molar-refractivity contribution in [2.75, 3.05) is 11.9 Å². The average molecular weight is 600 g/mol. The second-order valence-corrected chi connectivity index (χ2v) is 10.1. The molecule has 0 aliphatic rings. The Kier molecular flexibility index (Phi) is 7.65. The topological polar surface area (TPSA) is 134 Å². The number of amides is 2. The van der Waals surface area contributed by atoms with Crippen molar-refractivity contribution in [2.24, 2.45) is 12.8 Å². The molecule has 0 aliphatic heterocycles. The molecule has 14 heteroatoms. The second kappa shape index (κ2) is 11.2. The highest BCUT2D eigenvalue weighted by Gasteiger charge is 2.35. The molecule has 1 aromatic carbocycles. The number of anilines is 1. The van der Waals surface area contributed by atoms with E-state index in [1.54, 1.807) is 44.3 Å². The van der Waals surface area contributed by atoms with E-state index in [0.29, 0.717) is 46.5 Å². The number of carbonyl (C=O) groups is 2. The molecule has 42 heavy (non-hydrogen) atoms. The van der Waals surface area contributed by atoms with Gasteiger partial charge in [-0.05, 0) is 61.9 Å². The number of halogens is 3. The van der Waals surface area contributed by atoms with E-state index in [9.17, 15) is 22.8 Å². The van der Waals surface area contributed by atoms with Gasteiger partial charge in [0.25, 0.3) is 11.8 Å². The number of hydrogen-bond donors (Lipinski definition) is 2. The lowest BCUT2D eigenvalue weighted by atomic mass is 10.0. The Hall–Kier alpha value is -4.85. The van der Waals surface area contributed by atoms with Crippen LogP contribution in [0.3, 0.4) is 0 Å². The second-order valence-electron chi connectivity index (χ2n) is 9.08. The number of aromatic nitrogens is 3. The van der Waals surface area contributed by atoms with E-state index >= 15 is 0 Å². The number of pyridine rings is 1. The zero-order valence-corrected chi connectivity index (χ0v) is 23.4. The molecule has 3 N–H and O–H groups in total. The van der Waals surface area contributed by atoms with Crippen LogP contribution in [0.2, 0.25) is 0 Å². The highest BCUT2D eigenvalue weighted by atomic mass is 32.1. The Morgan fingerprint density at radius 1 is 1.10 bits per heavy atom. The monoisotopic (exact) mass is 599 g/mol. The molecule has 10 nitrogen and oxygen atoms in total. The molecule has 0 spiro atoms. The molecule has 0 saturated carbocycles. The van der Waals surface area contributed by atoms with Crippen LogP contribution in [0.4, 0.5) is 18.9 Å². The number of nitrogens with two attached hydrogens (primary N) is 1. The van der Waals surface area contributed by atoms with Crippen molar-refractivity contribution >= 4 is 39.1 Å². The fourth-order valence-electron chi connectivity index (χ4n) is 4.22. The van der Waals surface area contributed by atoms with E-state index in [4.69, 9.17) is 19.6 Å². The van der Waals surface area contributed by atoms with E-state index in [2.05, 4.69) is 15.4 Å². The summed E-state index contributed by atoms with van der Waals surface area (Å²) < 4.78 is 59.5.